The number of aryl methyl sites for hydroxylation is 1. The molecule has 152 valence electrons. The zero-order valence-corrected chi connectivity index (χ0v) is 17.5. The van der Waals surface area contributed by atoms with Gasteiger partial charge in [-0.05, 0) is 48.6 Å². The monoisotopic (exact) mass is 391 g/mol. The molecule has 3 rings (SSSR count). The molecule has 0 N–H and O–H groups in total. The fourth-order valence-corrected chi connectivity index (χ4v) is 3.36. The Morgan fingerprint density at radius 2 is 1.62 bits per heavy atom. The summed E-state index contributed by atoms with van der Waals surface area (Å²) in [5.74, 6) is 0.306. The van der Waals surface area contributed by atoms with E-state index in [4.69, 9.17) is 4.74 Å². The molecule has 0 unspecified atom stereocenters. The second-order valence-corrected chi connectivity index (χ2v) is 7.43. The van der Waals surface area contributed by atoms with E-state index in [0.29, 0.717) is 17.9 Å². The van der Waals surface area contributed by atoms with Crippen LogP contribution in [-0.4, -0.2) is 11.6 Å². The lowest BCUT2D eigenvalue weighted by Crippen LogP contribution is -1.96. The van der Waals surface area contributed by atoms with Crippen LogP contribution < -0.4 is 4.74 Å². The highest BCUT2D eigenvalue weighted by Gasteiger charge is 2.08. The van der Waals surface area contributed by atoms with E-state index in [-0.39, 0.29) is 5.82 Å². The summed E-state index contributed by atoms with van der Waals surface area (Å²) < 4.78 is 20.0. The molecule has 0 atom stereocenters. The van der Waals surface area contributed by atoms with Crippen molar-refractivity contribution in [2.45, 2.75) is 52.4 Å². The highest BCUT2D eigenvalue weighted by atomic mass is 19.1. The molecule has 0 aliphatic carbocycles. The summed E-state index contributed by atoms with van der Waals surface area (Å²) >= 11 is 0. The minimum absolute atomic E-state index is 0.267. The second-order valence-electron chi connectivity index (χ2n) is 7.43. The molecular weight excluding hydrogens is 361 g/mol. The van der Waals surface area contributed by atoms with E-state index in [9.17, 15) is 4.39 Å². The molecular formula is C26H30FNO. The van der Waals surface area contributed by atoms with Crippen molar-refractivity contribution in [1.29, 1.82) is 0 Å². The number of rotatable bonds is 10. The van der Waals surface area contributed by atoms with Gasteiger partial charge in [0.2, 0.25) is 0 Å². The predicted octanol–water partition coefficient (Wildman–Crippen LogP) is 7.47. The molecule has 2 nitrogen and oxygen atoms in total. The summed E-state index contributed by atoms with van der Waals surface area (Å²) in [5.41, 5.74) is 4.69. The molecule has 2 aromatic carbocycles. The number of hydrogen-bond donors (Lipinski definition) is 0. The first-order valence-corrected chi connectivity index (χ1v) is 10.7. The maximum absolute atomic E-state index is 14.5. The third-order valence-electron chi connectivity index (χ3n) is 5.05. The third kappa shape index (κ3) is 5.90. The van der Waals surface area contributed by atoms with E-state index in [0.717, 1.165) is 29.7 Å². The van der Waals surface area contributed by atoms with Crippen LogP contribution in [-0.2, 0) is 6.42 Å². The van der Waals surface area contributed by atoms with Crippen molar-refractivity contribution >= 4 is 0 Å². The van der Waals surface area contributed by atoms with Crippen LogP contribution in [0.2, 0.25) is 0 Å². The van der Waals surface area contributed by atoms with Crippen LogP contribution >= 0.6 is 0 Å². The van der Waals surface area contributed by atoms with Gasteiger partial charge in [0.05, 0.1) is 12.3 Å². The summed E-state index contributed by atoms with van der Waals surface area (Å²) in [7, 11) is 0. The maximum atomic E-state index is 14.5. The van der Waals surface area contributed by atoms with E-state index in [1.807, 2.05) is 43.5 Å². The molecule has 0 aliphatic heterocycles. The van der Waals surface area contributed by atoms with Gasteiger partial charge in [-0.25, -0.2) is 4.39 Å². The molecule has 0 aliphatic rings. The Labute approximate surface area is 173 Å². The van der Waals surface area contributed by atoms with E-state index < -0.39 is 0 Å². The highest BCUT2D eigenvalue weighted by molar-refractivity contribution is 5.69. The first-order chi connectivity index (χ1) is 14.2. The molecule has 0 saturated carbocycles. The topological polar surface area (TPSA) is 22.1 Å². The molecule has 0 amide bonds. The average molecular weight is 392 g/mol. The SMILES string of the molecule is CCCCCCc1ccc(-c2ccc(-c3ccc(OCCC)cc3F)cc2)nc1. The fourth-order valence-electron chi connectivity index (χ4n) is 3.36. The standard InChI is InChI=1S/C26H30FNO/c1-3-5-6-7-8-20-9-16-26(28-19-20)22-12-10-21(11-13-22)24-15-14-23(18-25(24)27)29-17-4-2/h9-16,18-19H,3-8,17H2,1-2H3. The van der Waals surface area contributed by atoms with Crippen LogP contribution in [0.15, 0.2) is 60.8 Å². The molecule has 3 heteroatoms. The molecule has 0 saturated heterocycles. The Kier molecular flexibility index (Phi) is 7.80. The lowest BCUT2D eigenvalue weighted by Gasteiger charge is -2.09. The summed E-state index contributed by atoms with van der Waals surface area (Å²) in [6, 6.07) is 17.2. The van der Waals surface area contributed by atoms with Gasteiger partial charge in [-0.3, -0.25) is 4.98 Å². The van der Waals surface area contributed by atoms with Crippen molar-refractivity contribution in [3.8, 4) is 28.1 Å². The van der Waals surface area contributed by atoms with Crippen molar-refractivity contribution in [2.24, 2.45) is 0 Å². The molecule has 0 fully saturated rings. The van der Waals surface area contributed by atoms with Crippen molar-refractivity contribution in [3.63, 3.8) is 0 Å². The largest absolute Gasteiger partial charge is 0.494 e. The van der Waals surface area contributed by atoms with Crippen molar-refractivity contribution in [1.82, 2.24) is 4.98 Å². The van der Waals surface area contributed by atoms with Crippen LogP contribution in [0, 0.1) is 5.82 Å². The van der Waals surface area contributed by atoms with E-state index in [2.05, 4.69) is 24.0 Å². The number of ether oxygens (including phenoxy) is 1. The van der Waals surface area contributed by atoms with Gasteiger partial charge in [0, 0.05) is 23.4 Å². The van der Waals surface area contributed by atoms with Crippen molar-refractivity contribution < 1.29 is 9.13 Å². The summed E-state index contributed by atoms with van der Waals surface area (Å²) in [4.78, 5) is 4.62. The summed E-state index contributed by atoms with van der Waals surface area (Å²) in [5, 5.41) is 0. The maximum Gasteiger partial charge on any atom is 0.134 e. The molecule has 0 bridgehead atoms. The quantitative estimate of drug-likeness (QED) is 0.334. The van der Waals surface area contributed by atoms with Crippen molar-refractivity contribution in [2.75, 3.05) is 6.61 Å². The van der Waals surface area contributed by atoms with Gasteiger partial charge in [0.25, 0.3) is 0 Å². The number of aromatic nitrogens is 1. The van der Waals surface area contributed by atoms with Crippen LogP contribution in [0.3, 0.4) is 0 Å². The number of hydrogen-bond acceptors (Lipinski definition) is 2. The lowest BCUT2D eigenvalue weighted by atomic mass is 10.0. The fraction of sp³-hybridized carbons (Fsp3) is 0.346. The minimum atomic E-state index is -0.267. The molecule has 29 heavy (non-hydrogen) atoms. The Bertz CT molecular complexity index is 888. The number of halogens is 1. The molecule has 1 aromatic heterocycles. The number of benzene rings is 2. The van der Waals surface area contributed by atoms with Crippen LogP contribution in [0.25, 0.3) is 22.4 Å². The normalized spacial score (nSPS) is 10.9. The third-order valence-corrected chi connectivity index (χ3v) is 5.05. The Morgan fingerprint density at radius 3 is 2.28 bits per heavy atom. The summed E-state index contributed by atoms with van der Waals surface area (Å²) in [6.07, 6.45) is 9.02. The number of pyridine rings is 1. The van der Waals surface area contributed by atoms with E-state index in [1.54, 1.807) is 6.07 Å². The average Bonchev–Trinajstić information content (AvgIpc) is 2.76. The van der Waals surface area contributed by atoms with Crippen LogP contribution in [0.4, 0.5) is 4.39 Å². The van der Waals surface area contributed by atoms with Crippen LogP contribution in [0.1, 0.15) is 51.5 Å². The number of nitrogens with zero attached hydrogens (tertiary/aromatic N) is 1. The highest BCUT2D eigenvalue weighted by Crippen LogP contribution is 2.28. The molecule has 0 spiro atoms. The Hall–Kier alpha value is -2.68. The van der Waals surface area contributed by atoms with E-state index >= 15 is 0 Å². The molecule has 1 heterocycles. The first kappa shape index (κ1) is 21.0. The van der Waals surface area contributed by atoms with Gasteiger partial charge >= 0.3 is 0 Å². The van der Waals surface area contributed by atoms with Gasteiger partial charge in [0.1, 0.15) is 11.6 Å². The Morgan fingerprint density at radius 1 is 0.828 bits per heavy atom. The second kappa shape index (κ2) is 10.8. The molecule has 3 aromatic rings. The van der Waals surface area contributed by atoms with Gasteiger partial charge in [-0.15, -0.1) is 0 Å². The zero-order chi connectivity index (χ0) is 20.5. The Balaban J connectivity index is 1.67. The number of unbranched alkanes of at least 4 members (excludes halogenated alkanes) is 3. The smallest absolute Gasteiger partial charge is 0.134 e. The van der Waals surface area contributed by atoms with Gasteiger partial charge in [0.15, 0.2) is 0 Å². The predicted molar refractivity (Wildman–Crippen MR) is 119 cm³/mol. The van der Waals surface area contributed by atoms with Gasteiger partial charge < -0.3 is 4.74 Å². The first-order valence-electron chi connectivity index (χ1n) is 10.7. The van der Waals surface area contributed by atoms with Crippen molar-refractivity contribution in [3.05, 3.63) is 72.2 Å². The molecule has 0 radical (unpaired) electrons. The zero-order valence-electron chi connectivity index (χ0n) is 17.5. The lowest BCUT2D eigenvalue weighted by molar-refractivity contribution is 0.316. The minimum Gasteiger partial charge on any atom is -0.494 e. The summed E-state index contributed by atoms with van der Waals surface area (Å²) in [6.45, 7) is 4.85. The van der Waals surface area contributed by atoms with Gasteiger partial charge in [-0.2, -0.15) is 0 Å². The van der Waals surface area contributed by atoms with Gasteiger partial charge in [-0.1, -0.05) is 63.4 Å². The van der Waals surface area contributed by atoms with E-state index in [1.165, 1.54) is 37.3 Å². The van der Waals surface area contributed by atoms with Crippen LogP contribution in [0.5, 0.6) is 5.75 Å².